The fraction of sp³-hybridized carbons (Fsp3) is 0.500. The van der Waals surface area contributed by atoms with Crippen LogP contribution in [0.1, 0.15) is 26.7 Å². The second-order valence-electron chi connectivity index (χ2n) is 5.48. The maximum absolute atomic E-state index is 11.7. The number of fused-ring (bicyclic) bond motifs is 1. The summed E-state index contributed by atoms with van der Waals surface area (Å²) in [6.07, 6.45) is 5.12. The zero-order chi connectivity index (χ0) is 14.0. The highest BCUT2D eigenvalue weighted by atomic mass is 16.1. The van der Waals surface area contributed by atoms with E-state index in [0.29, 0.717) is 5.39 Å². The largest absolute Gasteiger partial charge is 0.332 e. The van der Waals surface area contributed by atoms with E-state index in [1.165, 1.54) is 0 Å². The van der Waals surface area contributed by atoms with Crippen molar-refractivity contribution in [2.45, 2.75) is 33.2 Å². The normalized spacial score (nSPS) is 11.7. The minimum atomic E-state index is -0.301. The van der Waals surface area contributed by atoms with Gasteiger partial charge in [-0.25, -0.2) is 0 Å². The molecule has 0 N–H and O–H groups in total. The van der Waals surface area contributed by atoms with Gasteiger partial charge in [-0.15, -0.1) is 0 Å². The molecule has 2 heterocycles. The monoisotopic (exact) mass is 258 g/mol. The van der Waals surface area contributed by atoms with Crippen LogP contribution in [0.2, 0.25) is 0 Å². The van der Waals surface area contributed by atoms with E-state index in [1.807, 2.05) is 25.5 Å². The molecule has 0 saturated heterocycles. The second kappa shape index (κ2) is 4.88. The van der Waals surface area contributed by atoms with Gasteiger partial charge in [-0.05, 0) is 26.7 Å². The van der Waals surface area contributed by atoms with Gasteiger partial charge in [0.15, 0.2) is 5.43 Å². The van der Waals surface area contributed by atoms with Crippen molar-refractivity contribution in [1.29, 1.82) is 5.26 Å². The van der Waals surface area contributed by atoms with Crippen LogP contribution in [-0.4, -0.2) is 14.3 Å². The van der Waals surface area contributed by atoms with E-state index in [4.69, 9.17) is 5.26 Å². The maximum atomic E-state index is 11.7. The van der Waals surface area contributed by atoms with E-state index >= 15 is 0 Å². The molecule has 0 atom stereocenters. The van der Waals surface area contributed by atoms with Gasteiger partial charge in [0.1, 0.15) is 5.65 Å². The summed E-state index contributed by atoms with van der Waals surface area (Å²) >= 11 is 0. The first-order chi connectivity index (χ1) is 8.94. The van der Waals surface area contributed by atoms with Crippen molar-refractivity contribution < 1.29 is 0 Å². The molecular formula is C14H18N4O. The highest BCUT2D eigenvalue weighted by Crippen LogP contribution is 2.21. The molecule has 0 saturated carbocycles. The lowest BCUT2D eigenvalue weighted by molar-refractivity contribution is 0.416. The van der Waals surface area contributed by atoms with Crippen molar-refractivity contribution in [1.82, 2.24) is 14.3 Å². The SMILES string of the molecule is Cn1ncc2c(=O)ccn(CCCC(C)(C)C#N)c21. The Morgan fingerprint density at radius 2 is 2.21 bits per heavy atom. The van der Waals surface area contributed by atoms with Crippen LogP contribution in [-0.2, 0) is 13.6 Å². The molecule has 2 rings (SSSR count). The minimum Gasteiger partial charge on any atom is -0.332 e. The summed E-state index contributed by atoms with van der Waals surface area (Å²) in [6.45, 7) is 4.66. The van der Waals surface area contributed by atoms with Gasteiger partial charge in [0, 0.05) is 25.9 Å². The molecule has 0 fully saturated rings. The van der Waals surface area contributed by atoms with Gasteiger partial charge in [-0.2, -0.15) is 10.4 Å². The molecule has 2 aromatic rings. The Bertz CT molecular complexity index is 688. The molecule has 2 aromatic heterocycles. The first-order valence-corrected chi connectivity index (χ1v) is 6.37. The summed E-state index contributed by atoms with van der Waals surface area (Å²) in [5.41, 5.74) is 0.531. The lowest BCUT2D eigenvalue weighted by Crippen LogP contribution is -2.13. The molecule has 0 aliphatic carbocycles. The Balaban J connectivity index is 2.23. The van der Waals surface area contributed by atoms with Crippen molar-refractivity contribution >= 4 is 11.0 Å². The quantitative estimate of drug-likeness (QED) is 0.843. The average molecular weight is 258 g/mol. The maximum Gasteiger partial charge on any atom is 0.192 e. The van der Waals surface area contributed by atoms with Gasteiger partial charge in [0.25, 0.3) is 0 Å². The third-order valence-electron chi connectivity index (χ3n) is 3.35. The molecular weight excluding hydrogens is 240 g/mol. The van der Waals surface area contributed by atoms with Crippen LogP contribution in [0.25, 0.3) is 11.0 Å². The first-order valence-electron chi connectivity index (χ1n) is 6.37. The Hall–Kier alpha value is -2.09. The third kappa shape index (κ3) is 2.68. The fourth-order valence-electron chi connectivity index (χ4n) is 2.19. The molecule has 0 aromatic carbocycles. The number of aryl methyl sites for hydroxylation is 2. The van der Waals surface area contributed by atoms with E-state index in [2.05, 4.69) is 11.2 Å². The first kappa shape index (κ1) is 13.3. The lowest BCUT2D eigenvalue weighted by atomic mass is 9.90. The van der Waals surface area contributed by atoms with E-state index in [1.54, 1.807) is 23.1 Å². The van der Waals surface area contributed by atoms with E-state index < -0.39 is 0 Å². The molecule has 100 valence electrons. The van der Waals surface area contributed by atoms with Crippen LogP contribution < -0.4 is 5.43 Å². The van der Waals surface area contributed by atoms with Crippen molar-refractivity contribution in [3.8, 4) is 6.07 Å². The average Bonchev–Trinajstić information content (AvgIpc) is 2.76. The lowest BCUT2D eigenvalue weighted by Gasteiger charge is -2.16. The van der Waals surface area contributed by atoms with Crippen LogP contribution in [0, 0.1) is 16.7 Å². The molecule has 0 radical (unpaired) electrons. The Morgan fingerprint density at radius 3 is 2.89 bits per heavy atom. The predicted molar refractivity (Wildman–Crippen MR) is 73.6 cm³/mol. The molecule has 19 heavy (non-hydrogen) atoms. The zero-order valence-electron chi connectivity index (χ0n) is 11.6. The number of hydrogen-bond acceptors (Lipinski definition) is 3. The summed E-state index contributed by atoms with van der Waals surface area (Å²) in [5, 5.41) is 13.8. The summed E-state index contributed by atoms with van der Waals surface area (Å²) in [4.78, 5) is 11.7. The number of nitriles is 1. The van der Waals surface area contributed by atoms with Crippen LogP contribution >= 0.6 is 0 Å². The van der Waals surface area contributed by atoms with Gasteiger partial charge < -0.3 is 4.57 Å². The van der Waals surface area contributed by atoms with Crippen molar-refractivity contribution in [2.75, 3.05) is 0 Å². The van der Waals surface area contributed by atoms with E-state index in [0.717, 1.165) is 25.0 Å². The van der Waals surface area contributed by atoms with Gasteiger partial charge in [-0.3, -0.25) is 9.48 Å². The zero-order valence-corrected chi connectivity index (χ0v) is 11.6. The Kier molecular flexibility index (Phi) is 3.43. The van der Waals surface area contributed by atoms with E-state index in [-0.39, 0.29) is 10.8 Å². The van der Waals surface area contributed by atoms with Crippen LogP contribution in [0.5, 0.6) is 0 Å². The second-order valence-corrected chi connectivity index (χ2v) is 5.48. The molecule has 0 spiro atoms. The standard InChI is InChI=1S/C14H18N4O/c1-14(2,10-15)6-4-7-18-8-5-12(19)11-9-16-17(3)13(11)18/h5,8-9H,4,6-7H2,1-3H3. The van der Waals surface area contributed by atoms with Crippen molar-refractivity contribution in [3.05, 3.63) is 28.7 Å². The van der Waals surface area contributed by atoms with Crippen LogP contribution in [0.3, 0.4) is 0 Å². The summed E-state index contributed by atoms with van der Waals surface area (Å²) < 4.78 is 3.74. The summed E-state index contributed by atoms with van der Waals surface area (Å²) in [5.74, 6) is 0. The summed E-state index contributed by atoms with van der Waals surface area (Å²) in [6, 6.07) is 3.87. The Morgan fingerprint density at radius 1 is 1.47 bits per heavy atom. The number of hydrogen-bond donors (Lipinski definition) is 0. The fourth-order valence-corrected chi connectivity index (χ4v) is 2.19. The van der Waals surface area contributed by atoms with Crippen molar-refractivity contribution in [3.63, 3.8) is 0 Å². The molecule has 0 amide bonds. The van der Waals surface area contributed by atoms with Gasteiger partial charge >= 0.3 is 0 Å². The van der Waals surface area contributed by atoms with Gasteiger partial charge in [-0.1, -0.05) is 0 Å². The number of aromatic nitrogens is 3. The van der Waals surface area contributed by atoms with Crippen LogP contribution in [0.4, 0.5) is 0 Å². The molecule has 5 nitrogen and oxygen atoms in total. The molecule has 0 aliphatic rings. The molecule has 0 aliphatic heterocycles. The Labute approximate surface area is 112 Å². The summed E-state index contributed by atoms with van der Waals surface area (Å²) in [7, 11) is 1.83. The third-order valence-corrected chi connectivity index (χ3v) is 3.35. The number of rotatable bonds is 4. The molecule has 5 heteroatoms. The predicted octanol–water partition coefficient (Wildman–Crippen LogP) is 2.06. The highest BCUT2D eigenvalue weighted by Gasteiger charge is 2.16. The number of nitrogens with zero attached hydrogens (tertiary/aromatic N) is 4. The van der Waals surface area contributed by atoms with E-state index in [9.17, 15) is 4.79 Å². The smallest absolute Gasteiger partial charge is 0.192 e. The molecule has 0 unspecified atom stereocenters. The van der Waals surface area contributed by atoms with Crippen LogP contribution in [0.15, 0.2) is 23.3 Å². The molecule has 0 bridgehead atoms. The highest BCUT2D eigenvalue weighted by molar-refractivity contribution is 5.74. The van der Waals surface area contributed by atoms with Gasteiger partial charge in [0.05, 0.1) is 23.1 Å². The topological polar surface area (TPSA) is 63.6 Å². The van der Waals surface area contributed by atoms with Crippen molar-refractivity contribution in [2.24, 2.45) is 12.5 Å². The number of pyridine rings is 1. The minimum absolute atomic E-state index is 0.00305. The van der Waals surface area contributed by atoms with Gasteiger partial charge in [0.2, 0.25) is 0 Å².